The monoisotopic (exact) mass is 249 g/mol. The predicted molar refractivity (Wildman–Crippen MR) is 62.7 cm³/mol. The minimum absolute atomic E-state index is 0.0103. The first-order valence-electron chi connectivity index (χ1n) is 4.79. The van der Waals surface area contributed by atoms with Crippen LogP contribution in [0.15, 0.2) is 42.6 Å². The Morgan fingerprint density at radius 1 is 1.24 bits per heavy atom. The molecule has 0 aliphatic carbocycles. The van der Waals surface area contributed by atoms with Crippen LogP contribution in [-0.4, -0.2) is 16.1 Å². The third-order valence-electron chi connectivity index (χ3n) is 2.05. The molecule has 1 N–H and O–H groups in total. The van der Waals surface area contributed by atoms with Crippen molar-refractivity contribution in [3.05, 3.63) is 53.2 Å². The molecule has 0 unspecified atom stereocenters. The Kier molecular flexibility index (Phi) is 3.25. The molecule has 0 atom stereocenters. The highest BCUT2D eigenvalue weighted by Gasteiger charge is 2.14. The summed E-state index contributed by atoms with van der Waals surface area (Å²) in [4.78, 5) is 14.8. The van der Waals surface area contributed by atoms with Crippen LogP contribution in [0.2, 0.25) is 5.02 Å². The lowest BCUT2D eigenvalue weighted by Gasteiger charge is -2.07. The summed E-state index contributed by atoms with van der Waals surface area (Å²) in [5.74, 6) is -0.488. The third kappa shape index (κ3) is 2.54. The van der Waals surface area contributed by atoms with E-state index in [9.17, 15) is 4.79 Å². The quantitative estimate of drug-likeness (QED) is 0.907. The molecular formula is C12H8ClNO3. The molecule has 0 radical (unpaired) electrons. The van der Waals surface area contributed by atoms with E-state index < -0.39 is 5.97 Å². The fraction of sp³-hybridized carbons (Fsp3) is 0. The molecule has 4 nitrogen and oxygen atoms in total. The number of carboxylic acid groups (broad SMARTS) is 1. The number of nitrogens with zero attached hydrogens (tertiary/aromatic N) is 1. The molecule has 1 aromatic carbocycles. The van der Waals surface area contributed by atoms with Gasteiger partial charge in [-0.1, -0.05) is 29.8 Å². The van der Waals surface area contributed by atoms with Crippen molar-refractivity contribution < 1.29 is 14.6 Å². The van der Waals surface area contributed by atoms with Crippen LogP contribution in [0.3, 0.4) is 0 Å². The van der Waals surface area contributed by atoms with E-state index in [0.29, 0.717) is 5.75 Å². The standard InChI is InChI=1S/C12H8ClNO3/c13-10-9(12(15)16)6-7-14-11(10)17-8-4-2-1-3-5-8/h1-7H,(H,15,16). The first kappa shape index (κ1) is 11.4. The topological polar surface area (TPSA) is 59.4 Å². The van der Waals surface area contributed by atoms with E-state index in [-0.39, 0.29) is 16.5 Å². The molecule has 1 heterocycles. The molecule has 0 fully saturated rings. The average Bonchev–Trinajstić information content (AvgIpc) is 2.33. The second-order valence-corrected chi connectivity index (χ2v) is 3.58. The summed E-state index contributed by atoms with van der Waals surface area (Å²) < 4.78 is 5.39. The van der Waals surface area contributed by atoms with Gasteiger partial charge in [0.25, 0.3) is 0 Å². The lowest BCUT2D eigenvalue weighted by atomic mass is 10.2. The SMILES string of the molecule is O=C(O)c1ccnc(Oc2ccccc2)c1Cl. The van der Waals surface area contributed by atoms with Crippen LogP contribution in [0.25, 0.3) is 0 Å². The number of aromatic carboxylic acids is 1. The molecule has 2 rings (SSSR count). The summed E-state index contributed by atoms with van der Waals surface area (Å²) in [6.07, 6.45) is 1.34. The van der Waals surface area contributed by atoms with E-state index in [4.69, 9.17) is 21.4 Å². The van der Waals surface area contributed by atoms with Crippen LogP contribution in [0.1, 0.15) is 10.4 Å². The molecule has 0 saturated carbocycles. The zero-order valence-electron chi connectivity index (χ0n) is 8.63. The molecule has 0 aliphatic rings. The van der Waals surface area contributed by atoms with Gasteiger partial charge in [0.15, 0.2) is 0 Å². The van der Waals surface area contributed by atoms with Gasteiger partial charge in [-0.05, 0) is 18.2 Å². The van der Waals surface area contributed by atoms with Gasteiger partial charge in [0.05, 0.1) is 5.56 Å². The minimum Gasteiger partial charge on any atom is -0.478 e. The van der Waals surface area contributed by atoms with E-state index in [1.165, 1.54) is 12.3 Å². The number of hydrogen-bond acceptors (Lipinski definition) is 3. The van der Waals surface area contributed by atoms with Gasteiger partial charge in [0.2, 0.25) is 5.88 Å². The molecule has 0 amide bonds. The fourth-order valence-corrected chi connectivity index (χ4v) is 1.49. The third-order valence-corrected chi connectivity index (χ3v) is 2.41. The maximum absolute atomic E-state index is 10.9. The molecule has 86 valence electrons. The number of carbonyl (C=O) groups is 1. The number of ether oxygens (including phenoxy) is 1. The van der Waals surface area contributed by atoms with Crippen molar-refractivity contribution in [3.63, 3.8) is 0 Å². The van der Waals surface area contributed by atoms with Crippen molar-refractivity contribution in [1.29, 1.82) is 0 Å². The number of halogens is 1. The number of benzene rings is 1. The maximum atomic E-state index is 10.9. The molecule has 0 bridgehead atoms. The number of rotatable bonds is 3. The average molecular weight is 250 g/mol. The predicted octanol–water partition coefficient (Wildman–Crippen LogP) is 3.23. The molecule has 1 aromatic heterocycles. The number of para-hydroxylation sites is 1. The highest BCUT2D eigenvalue weighted by Crippen LogP contribution is 2.29. The first-order valence-corrected chi connectivity index (χ1v) is 5.17. The largest absolute Gasteiger partial charge is 0.478 e. The Morgan fingerprint density at radius 3 is 2.59 bits per heavy atom. The summed E-state index contributed by atoms with van der Waals surface area (Å²) in [5, 5.41) is 8.88. The number of pyridine rings is 1. The second kappa shape index (κ2) is 4.84. The normalized spacial score (nSPS) is 9.94. The second-order valence-electron chi connectivity index (χ2n) is 3.20. The Hall–Kier alpha value is -2.07. The lowest BCUT2D eigenvalue weighted by Crippen LogP contribution is -2.00. The van der Waals surface area contributed by atoms with Gasteiger partial charge in [0.1, 0.15) is 10.8 Å². The van der Waals surface area contributed by atoms with Crippen LogP contribution >= 0.6 is 11.6 Å². The minimum atomic E-state index is -1.12. The van der Waals surface area contributed by atoms with E-state index in [2.05, 4.69) is 4.98 Å². The maximum Gasteiger partial charge on any atom is 0.337 e. The number of hydrogen-bond donors (Lipinski definition) is 1. The van der Waals surface area contributed by atoms with Gasteiger partial charge in [0, 0.05) is 6.20 Å². The fourth-order valence-electron chi connectivity index (χ4n) is 1.26. The lowest BCUT2D eigenvalue weighted by molar-refractivity contribution is 0.0696. The van der Waals surface area contributed by atoms with Gasteiger partial charge >= 0.3 is 5.97 Å². The summed E-state index contributed by atoms with van der Waals surface area (Å²) in [5.41, 5.74) is -0.0346. The molecule has 0 spiro atoms. The van der Waals surface area contributed by atoms with Crippen molar-refractivity contribution in [2.45, 2.75) is 0 Å². The van der Waals surface area contributed by atoms with Gasteiger partial charge in [-0.25, -0.2) is 9.78 Å². The van der Waals surface area contributed by atoms with Crippen LogP contribution in [0.4, 0.5) is 0 Å². The Labute approximate surface area is 102 Å². The summed E-state index contributed by atoms with van der Waals surface area (Å²) >= 11 is 5.89. The first-order chi connectivity index (χ1) is 8.18. The van der Waals surface area contributed by atoms with Gasteiger partial charge < -0.3 is 9.84 Å². The van der Waals surface area contributed by atoms with Crippen molar-refractivity contribution in [1.82, 2.24) is 4.98 Å². The van der Waals surface area contributed by atoms with Crippen molar-refractivity contribution in [2.24, 2.45) is 0 Å². The molecule has 2 aromatic rings. The molecule has 0 saturated heterocycles. The van der Waals surface area contributed by atoms with Gasteiger partial charge in [-0.3, -0.25) is 0 Å². The molecule has 5 heteroatoms. The zero-order valence-corrected chi connectivity index (χ0v) is 9.39. The van der Waals surface area contributed by atoms with Crippen molar-refractivity contribution in [3.8, 4) is 11.6 Å². The summed E-state index contributed by atoms with van der Waals surface area (Å²) in [6, 6.07) is 10.2. The van der Waals surface area contributed by atoms with Crippen molar-refractivity contribution in [2.75, 3.05) is 0 Å². The van der Waals surface area contributed by atoms with Gasteiger partial charge in [-0.15, -0.1) is 0 Å². The van der Waals surface area contributed by atoms with Crippen LogP contribution < -0.4 is 4.74 Å². The zero-order chi connectivity index (χ0) is 12.3. The Morgan fingerprint density at radius 2 is 1.94 bits per heavy atom. The highest BCUT2D eigenvalue weighted by molar-refractivity contribution is 6.34. The molecule has 0 aliphatic heterocycles. The van der Waals surface area contributed by atoms with Crippen LogP contribution in [-0.2, 0) is 0 Å². The summed E-state index contributed by atoms with van der Waals surface area (Å²) in [6.45, 7) is 0. The molecule has 17 heavy (non-hydrogen) atoms. The van der Waals surface area contributed by atoms with E-state index in [1.807, 2.05) is 6.07 Å². The number of aromatic nitrogens is 1. The van der Waals surface area contributed by atoms with Crippen LogP contribution in [0, 0.1) is 0 Å². The smallest absolute Gasteiger partial charge is 0.337 e. The summed E-state index contributed by atoms with van der Waals surface area (Å²) in [7, 11) is 0. The molecular weight excluding hydrogens is 242 g/mol. The Bertz CT molecular complexity index is 543. The van der Waals surface area contributed by atoms with E-state index >= 15 is 0 Å². The highest BCUT2D eigenvalue weighted by atomic mass is 35.5. The van der Waals surface area contributed by atoms with E-state index in [1.54, 1.807) is 24.3 Å². The van der Waals surface area contributed by atoms with E-state index in [0.717, 1.165) is 0 Å². The van der Waals surface area contributed by atoms with Gasteiger partial charge in [-0.2, -0.15) is 0 Å². The van der Waals surface area contributed by atoms with Crippen molar-refractivity contribution >= 4 is 17.6 Å². The Balaban J connectivity index is 2.34. The number of carboxylic acids is 1. The van der Waals surface area contributed by atoms with Crippen LogP contribution in [0.5, 0.6) is 11.6 Å².